The highest BCUT2D eigenvalue weighted by molar-refractivity contribution is 5.78. The SMILES string of the molecule is CCCN(CCC)c1nc2ccccc2c(=O)[nH]1. The van der Waals surface area contributed by atoms with Crippen LogP contribution in [0.5, 0.6) is 0 Å². The molecule has 4 nitrogen and oxygen atoms in total. The molecule has 0 radical (unpaired) electrons. The minimum atomic E-state index is -0.0622. The van der Waals surface area contributed by atoms with Gasteiger partial charge in [-0.25, -0.2) is 4.98 Å². The lowest BCUT2D eigenvalue weighted by Crippen LogP contribution is -2.29. The average Bonchev–Trinajstić information content (AvgIpc) is 2.38. The number of rotatable bonds is 5. The molecule has 18 heavy (non-hydrogen) atoms. The summed E-state index contributed by atoms with van der Waals surface area (Å²) >= 11 is 0. The first-order valence-electron chi connectivity index (χ1n) is 6.50. The molecule has 0 amide bonds. The van der Waals surface area contributed by atoms with Crippen LogP contribution in [0.25, 0.3) is 10.9 Å². The maximum absolute atomic E-state index is 12.0. The molecule has 0 saturated heterocycles. The molecule has 1 N–H and O–H groups in total. The molecule has 0 bridgehead atoms. The number of benzene rings is 1. The zero-order valence-corrected chi connectivity index (χ0v) is 10.9. The van der Waals surface area contributed by atoms with Crippen molar-refractivity contribution >= 4 is 16.9 Å². The molecule has 0 atom stereocenters. The van der Waals surface area contributed by atoms with E-state index in [0.29, 0.717) is 11.3 Å². The van der Waals surface area contributed by atoms with Gasteiger partial charge in [0.2, 0.25) is 5.95 Å². The number of fused-ring (bicyclic) bond motifs is 1. The van der Waals surface area contributed by atoms with Crippen LogP contribution in [0.4, 0.5) is 5.95 Å². The minimum Gasteiger partial charge on any atom is -0.342 e. The largest absolute Gasteiger partial charge is 0.342 e. The van der Waals surface area contributed by atoms with Gasteiger partial charge < -0.3 is 4.90 Å². The van der Waals surface area contributed by atoms with Crippen molar-refractivity contribution in [2.75, 3.05) is 18.0 Å². The predicted octanol–water partition coefficient (Wildman–Crippen LogP) is 2.55. The minimum absolute atomic E-state index is 0.0622. The lowest BCUT2D eigenvalue weighted by Gasteiger charge is -2.21. The molecule has 96 valence electrons. The fourth-order valence-electron chi connectivity index (χ4n) is 2.09. The van der Waals surface area contributed by atoms with E-state index in [0.717, 1.165) is 31.4 Å². The van der Waals surface area contributed by atoms with Crippen molar-refractivity contribution in [3.05, 3.63) is 34.6 Å². The van der Waals surface area contributed by atoms with E-state index < -0.39 is 0 Å². The normalized spacial score (nSPS) is 10.8. The van der Waals surface area contributed by atoms with Gasteiger partial charge in [0.15, 0.2) is 0 Å². The Morgan fingerprint density at radius 3 is 2.50 bits per heavy atom. The quantitative estimate of drug-likeness (QED) is 0.880. The van der Waals surface area contributed by atoms with Gasteiger partial charge in [0.25, 0.3) is 5.56 Å². The molecule has 0 aliphatic carbocycles. The maximum Gasteiger partial charge on any atom is 0.260 e. The van der Waals surface area contributed by atoms with E-state index in [1.165, 1.54) is 0 Å². The number of hydrogen-bond donors (Lipinski definition) is 1. The van der Waals surface area contributed by atoms with Crippen LogP contribution in [0.15, 0.2) is 29.1 Å². The highest BCUT2D eigenvalue weighted by Gasteiger charge is 2.09. The molecule has 0 spiro atoms. The van der Waals surface area contributed by atoms with Gasteiger partial charge >= 0.3 is 0 Å². The molecule has 0 saturated carbocycles. The second-order valence-electron chi connectivity index (χ2n) is 4.39. The van der Waals surface area contributed by atoms with Crippen LogP contribution in [-0.2, 0) is 0 Å². The predicted molar refractivity (Wildman–Crippen MR) is 75.2 cm³/mol. The Bertz CT molecular complexity index is 571. The van der Waals surface area contributed by atoms with Crippen molar-refractivity contribution in [2.45, 2.75) is 26.7 Å². The highest BCUT2D eigenvalue weighted by atomic mass is 16.1. The summed E-state index contributed by atoms with van der Waals surface area (Å²) in [7, 11) is 0. The Kier molecular flexibility index (Phi) is 3.97. The Hall–Kier alpha value is -1.84. The Morgan fingerprint density at radius 2 is 1.83 bits per heavy atom. The first-order chi connectivity index (χ1) is 8.76. The Morgan fingerprint density at radius 1 is 1.17 bits per heavy atom. The monoisotopic (exact) mass is 245 g/mol. The van der Waals surface area contributed by atoms with Gasteiger partial charge in [-0.1, -0.05) is 26.0 Å². The Labute approximate surface area is 107 Å². The number of H-pyrrole nitrogens is 1. The number of nitrogens with one attached hydrogen (secondary N) is 1. The molecular weight excluding hydrogens is 226 g/mol. The first kappa shape index (κ1) is 12.6. The van der Waals surface area contributed by atoms with Crippen LogP contribution in [0.2, 0.25) is 0 Å². The van der Waals surface area contributed by atoms with Crippen LogP contribution >= 0.6 is 0 Å². The third-order valence-corrected chi connectivity index (χ3v) is 2.89. The van der Waals surface area contributed by atoms with Crippen LogP contribution < -0.4 is 10.5 Å². The fraction of sp³-hybridized carbons (Fsp3) is 0.429. The van der Waals surface area contributed by atoms with E-state index in [-0.39, 0.29) is 5.56 Å². The van der Waals surface area contributed by atoms with E-state index in [4.69, 9.17) is 0 Å². The van der Waals surface area contributed by atoms with Crippen molar-refractivity contribution in [3.8, 4) is 0 Å². The lowest BCUT2D eigenvalue weighted by atomic mass is 10.2. The van der Waals surface area contributed by atoms with E-state index in [2.05, 4.69) is 28.7 Å². The number of anilines is 1. The molecule has 4 heteroatoms. The van der Waals surface area contributed by atoms with Crippen molar-refractivity contribution in [2.24, 2.45) is 0 Å². The van der Waals surface area contributed by atoms with Crippen LogP contribution in [-0.4, -0.2) is 23.1 Å². The zero-order chi connectivity index (χ0) is 13.0. The number of hydrogen-bond acceptors (Lipinski definition) is 3. The van der Waals surface area contributed by atoms with Gasteiger partial charge in [-0.2, -0.15) is 0 Å². The molecule has 0 aliphatic heterocycles. The van der Waals surface area contributed by atoms with Gasteiger partial charge in [0, 0.05) is 13.1 Å². The summed E-state index contributed by atoms with van der Waals surface area (Å²) in [6.07, 6.45) is 2.08. The summed E-state index contributed by atoms with van der Waals surface area (Å²) in [5, 5.41) is 0.647. The van der Waals surface area contributed by atoms with Gasteiger partial charge in [-0.3, -0.25) is 9.78 Å². The number of para-hydroxylation sites is 1. The summed E-state index contributed by atoms with van der Waals surface area (Å²) in [5.41, 5.74) is 0.696. The molecule has 0 unspecified atom stereocenters. The van der Waals surface area contributed by atoms with Crippen LogP contribution in [0, 0.1) is 0 Å². The van der Waals surface area contributed by atoms with Crippen LogP contribution in [0.3, 0.4) is 0 Å². The summed E-state index contributed by atoms with van der Waals surface area (Å²) < 4.78 is 0. The van der Waals surface area contributed by atoms with E-state index >= 15 is 0 Å². The van der Waals surface area contributed by atoms with Gasteiger partial charge in [-0.05, 0) is 25.0 Å². The first-order valence-corrected chi connectivity index (χ1v) is 6.50. The molecule has 0 fully saturated rings. The summed E-state index contributed by atoms with van der Waals surface area (Å²) in [6, 6.07) is 7.44. The molecular formula is C14H19N3O. The highest BCUT2D eigenvalue weighted by Crippen LogP contribution is 2.12. The second kappa shape index (κ2) is 5.67. The van der Waals surface area contributed by atoms with Gasteiger partial charge in [-0.15, -0.1) is 0 Å². The summed E-state index contributed by atoms with van der Waals surface area (Å²) in [5.74, 6) is 0.683. The maximum atomic E-state index is 12.0. The van der Waals surface area contributed by atoms with Crippen LogP contribution in [0.1, 0.15) is 26.7 Å². The van der Waals surface area contributed by atoms with E-state index in [1.54, 1.807) is 6.07 Å². The number of aromatic nitrogens is 2. The third kappa shape index (κ3) is 2.53. The number of aromatic amines is 1. The molecule has 1 heterocycles. The van der Waals surface area contributed by atoms with E-state index in [9.17, 15) is 4.79 Å². The molecule has 2 rings (SSSR count). The zero-order valence-electron chi connectivity index (χ0n) is 10.9. The molecule has 1 aromatic carbocycles. The second-order valence-corrected chi connectivity index (χ2v) is 4.39. The summed E-state index contributed by atoms with van der Waals surface area (Å²) in [6.45, 7) is 6.08. The van der Waals surface area contributed by atoms with E-state index in [1.807, 2.05) is 18.2 Å². The van der Waals surface area contributed by atoms with Crippen molar-refractivity contribution in [3.63, 3.8) is 0 Å². The molecule has 1 aromatic heterocycles. The van der Waals surface area contributed by atoms with Crippen molar-refractivity contribution in [1.29, 1.82) is 0 Å². The Balaban J connectivity index is 2.47. The summed E-state index contributed by atoms with van der Waals surface area (Å²) in [4.78, 5) is 21.5. The fourth-order valence-corrected chi connectivity index (χ4v) is 2.09. The third-order valence-electron chi connectivity index (χ3n) is 2.89. The average molecular weight is 245 g/mol. The smallest absolute Gasteiger partial charge is 0.260 e. The number of nitrogens with zero attached hydrogens (tertiary/aromatic N) is 2. The van der Waals surface area contributed by atoms with Crippen molar-refractivity contribution < 1.29 is 0 Å². The standard InChI is InChI=1S/C14H19N3O/c1-3-9-17(10-4-2)14-15-12-8-6-5-7-11(12)13(18)16-14/h5-8H,3-4,9-10H2,1-2H3,(H,15,16,18). The lowest BCUT2D eigenvalue weighted by molar-refractivity contribution is 0.722. The molecule has 2 aromatic rings. The van der Waals surface area contributed by atoms with Gasteiger partial charge in [0.05, 0.1) is 10.9 Å². The molecule has 0 aliphatic rings. The van der Waals surface area contributed by atoms with Crippen molar-refractivity contribution in [1.82, 2.24) is 9.97 Å². The topological polar surface area (TPSA) is 49.0 Å². The van der Waals surface area contributed by atoms with Gasteiger partial charge in [0.1, 0.15) is 0 Å².